The molecule has 1 aliphatic heterocycles. The van der Waals surface area contributed by atoms with Gasteiger partial charge in [0, 0.05) is 54.3 Å². The third-order valence-corrected chi connectivity index (χ3v) is 4.36. The Balaban J connectivity index is 1.84. The van der Waals surface area contributed by atoms with E-state index < -0.39 is 0 Å². The van der Waals surface area contributed by atoms with E-state index in [0.717, 1.165) is 19.6 Å². The molecule has 3 nitrogen and oxygen atoms in total. The third kappa shape index (κ3) is 2.32. The molecule has 1 aliphatic rings. The van der Waals surface area contributed by atoms with Crippen LogP contribution in [0.2, 0.25) is 0 Å². The van der Waals surface area contributed by atoms with Crippen LogP contribution in [0.5, 0.6) is 0 Å². The second kappa shape index (κ2) is 5.03. The lowest BCUT2D eigenvalue weighted by Crippen LogP contribution is -2.43. The molecule has 1 N–H and O–H groups in total. The first-order valence-electron chi connectivity index (χ1n) is 6.39. The summed E-state index contributed by atoms with van der Waals surface area (Å²) < 4.78 is 1.17. The molecule has 1 fully saturated rings. The number of hydrogen-bond donors (Lipinski definition) is 1. The van der Waals surface area contributed by atoms with E-state index in [1.54, 1.807) is 0 Å². The van der Waals surface area contributed by atoms with Crippen molar-refractivity contribution in [3.05, 3.63) is 34.4 Å². The molecule has 3 rings (SSSR count). The van der Waals surface area contributed by atoms with Gasteiger partial charge in [0.05, 0.1) is 0 Å². The maximum absolute atomic E-state index is 3.63. The average molecular weight is 308 g/mol. The lowest BCUT2D eigenvalue weighted by Gasteiger charge is -2.32. The number of hydrogen-bond acceptors (Lipinski definition) is 2. The average Bonchev–Trinajstić information content (AvgIpc) is 2.75. The molecule has 18 heavy (non-hydrogen) atoms. The lowest BCUT2D eigenvalue weighted by atomic mass is 10.1. The number of rotatable bonds is 2. The van der Waals surface area contributed by atoms with Crippen molar-refractivity contribution >= 4 is 26.8 Å². The van der Waals surface area contributed by atoms with E-state index in [2.05, 4.69) is 56.0 Å². The Hall–Kier alpha value is -0.840. The normalized spacial score (nSPS) is 18.6. The molecule has 1 aromatic carbocycles. The van der Waals surface area contributed by atoms with Crippen molar-refractivity contribution in [1.82, 2.24) is 14.8 Å². The Kier molecular flexibility index (Phi) is 3.41. The van der Waals surface area contributed by atoms with Gasteiger partial charge >= 0.3 is 0 Å². The van der Waals surface area contributed by atoms with Gasteiger partial charge in [0.15, 0.2) is 0 Å². The molecular weight excluding hydrogens is 290 g/mol. The summed E-state index contributed by atoms with van der Waals surface area (Å²) in [6.07, 6.45) is 2.03. The number of halogens is 1. The minimum absolute atomic E-state index is 1.04. The molecule has 4 heteroatoms. The van der Waals surface area contributed by atoms with Gasteiger partial charge in [-0.3, -0.25) is 4.90 Å². The van der Waals surface area contributed by atoms with Gasteiger partial charge in [0.1, 0.15) is 0 Å². The summed E-state index contributed by atoms with van der Waals surface area (Å²) >= 11 is 3.63. The highest BCUT2D eigenvalue weighted by Crippen LogP contribution is 2.27. The van der Waals surface area contributed by atoms with Crippen LogP contribution in [0.4, 0.5) is 0 Å². The number of H-pyrrole nitrogens is 1. The Morgan fingerprint density at radius 3 is 2.78 bits per heavy atom. The van der Waals surface area contributed by atoms with Crippen LogP contribution in [-0.4, -0.2) is 48.0 Å². The van der Waals surface area contributed by atoms with Gasteiger partial charge in [0.2, 0.25) is 0 Å². The SMILES string of the molecule is CN1CCN(Cc2cccc3[nH]cc(Br)c23)CC1. The molecular formula is C14H18BrN3. The molecule has 0 saturated carbocycles. The van der Waals surface area contributed by atoms with Crippen LogP contribution in [0.1, 0.15) is 5.56 Å². The fourth-order valence-electron chi connectivity index (χ4n) is 2.59. The van der Waals surface area contributed by atoms with Gasteiger partial charge in [-0.25, -0.2) is 0 Å². The van der Waals surface area contributed by atoms with Crippen LogP contribution in [0, 0.1) is 0 Å². The molecule has 1 aromatic heterocycles. The third-order valence-electron chi connectivity index (χ3n) is 3.73. The van der Waals surface area contributed by atoms with Crippen molar-refractivity contribution in [2.24, 2.45) is 0 Å². The van der Waals surface area contributed by atoms with E-state index in [1.807, 2.05) is 6.20 Å². The molecule has 0 aliphatic carbocycles. The van der Waals surface area contributed by atoms with Crippen molar-refractivity contribution < 1.29 is 0 Å². The second-order valence-corrected chi connectivity index (χ2v) is 5.91. The largest absolute Gasteiger partial charge is 0.360 e. The van der Waals surface area contributed by atoms with Crippen molar-refractivity contribution in [3.8, 4) is 0 Å². The summed E-state index contributed by atoms with van der Waals surface area (Å²) in [5, 5.41) is 1.33. The number of aromatic nitrogens is 1. The first kappa shape index (κ1) is 12.2. The molecule has 0 bridgehead atoms. The smallest absolute Gasteiger partial charge is 0.0468 e. The summed E-state index contributed by atoms with van der Waals surface area (Å²) in [6, 6.07) is 6.50. The first-order chi connectivity index (χ1) is 8.74. The fraction of sp³-hybridized carbons (Fsp3) is 0.429. The van der Waals surface area contributed by atoms with Crippen LogP contribution >= 0.6 is 15.9 Å². The van der Waals surface area contributed by atoms with Crippen molar-refractivity contribution in [1.29, 1.82) is 0 Å². The minimum atomic E-state index is 1.04. The van der Waals surface area contributed by atoms with Crippen LogP contribution in [-0.2, 0) is 6.54 Å². The number of nitrogens with zero attached hydrogens (tertiary/aromatic N) is 2. The molecule has 96 valence electrons. The quantitative estimate of drug-likeness (QED) is 0.921. The maximum Gasteiger partial charge on any atom is 0.0468 e. The Labute approximate surface area is 116 Å². The van der Waals surface area contributed by atoms with Gasteiger partial charge in [0.25, 0.3) is 0 Å². The van der Waals surface area contributed by atoms with Crippen LogP contribution in [0.15, 0.2) is 28.9 Å². The Bertz CT molecular complexity index is 541. The number of likely N-dealkylation sites (N-methyl/N-ethyl adjacent to an activating group) is 1. The standard InChI is InChI=1S/C14H18BrN3/c1-17-5-7-18(8-6-17)10-11-3-2-4-13-14(11)12(15)9-16-13/h2-4,9,16H,5-8,10H2,1H3. The van der Waals surface area contributed by atoms with Gasteiger partial charge in [-0.1, -0.05) is 12.1 Å². The summed E-state index contributed by atoms with van der Waals surface area (Å²) in [7, 11) is 2.20. The maximum atomic E-state index is 3.63. The van der Waals surface area contributed by atoms with Crippen LogP contribution < -0.4 is 0 Å². The highest BCUT2D eigenvalue weighted by atomic mass is 79.9. The highest BCUT2D eigenvalue weighted by Gasteiger charge is 2.15. The predicted molar refractivity (Wildman–Crippen MR) is 78.8 cm³/mol. The zero-order valence-electron chi connectivity index (χ0n) is 10.6. The van der Waals surface area contributed by atoms with E-state index in [4.69, 9.17) is 0 Å². The zero-order valence-corrected chi connectivity index (χ0v) is 12.2. The summed E-state index contributed by atoms with van der Waals surface area (Å²) in [4.78, 5) is 8.23. The van der Waals surface area contributed by atoms with Gasteiger partial charge < -0.3 is 9.88 Å². The fourth-order valence-corrected chi connectivity index (χ4v) is 3.18. The minimum Gasteiger partial charge on any atom is -0.360 e. The van der Waals surface area contributed by atoms with Crippen molar-refractivity contribution in [3.63, 3.8) is 0 Å². The molecule has 2 heterocycles. The molecule has 0 unspecified atom stereocenters. The molecule has 0 radical (unpaired) electrons. The van der Waals surface area contributed by atoms with Gasteiger partial charge in [-0.2, -0.15) is 0 Å². The number of fused-ring (bicyclic) bond motifs is 1. The summed E-state index contributed by atoms with van der Waals surface area (Å²) in [5.74, 6) is 0. The number of aromatic amines is 1. The molecule has 0 amide bonds. The molecule has 0 atom stereocenters. The molecule has 0 spiro atoms. The van der Waals surface area contributed by atoms with Crippen molar-refractivity contribution in [2.75, 3.05) is 33.2 Å². The summed E-state index contributed by atoms with van der Waals surface area (Å²) in [5.41, 5.74) is 2.62. The Morgan fingerprint density at radius 1 is 1.22 bits per heavy atom. The lowest BCUT2D eigenvalue weighted by molar-refractivity contribution is 0.148. The van der Waals surface area contributed by atoms with E-state index in [1.165, 1.54) is 34.0 Å². The van der Waals surface area contributed by atoms with E-state index in [0.29, 0.717) is 0 Å². The number of nitrogens with one attached hydrogen (secondary N) is 1. The van der Waals surface area contributed by atoms with E-state index in [-0.39, 0.29) is 0 Å². The predicted octanol–water partition coefficient (Wildman–Crippen LogP) is 2.68. The molecule has 1 saturated heterocycles. The van der Waals surface area contributed by atoms with Crippen LogP contribution in [0.25, 0.3) is 10.9 Å². The topological polar surface area (TPSA) is 22.3 Å². The Morgan fingerprint density at radius 2 is 2.00 bits per heavy atom. The van der Waals surface area contributed by atoms with E-state index in [9.17, 15) is 0 Å². The van der Waals surface area contributed by atoms with Gasteiger partial charge in [-0.05, 0) is 34.6 Å². The highest BCUT2D eigenvalue weighted by molar-refractivity contribution is 9.10. The second-order valence-electron chi connectivity index (χ2n) is 5.06. The number of benzene rings is 1. The molecule has 2 aromatic rings. The summed E-state index contributed by atoms with van der Waals surface area (Å²) in [6.45, 7) is 5.71. The zero-order chi connectivity index (χ0) is 12.5. The number of piperazine rings is 1. The van der Waals surface area contributed by atoms with Gasteiger partial charge in [-0.15, -0.1) is 0 Å². The monoisotopic (exact) mass is 307 g/mol. The van der Waals surface area contributed by atoms with E-state index >= 15 is 0 Å². The van der Waals surface area contributed by atoms with Crippen LogP contribution in [0.3, 0.4) is 0 Å². The first-order valence-corrected chi connectivity index (χ1v) is 7.19. The van der Waals surface area contributed by atoms with Crippen molar-refractivity contribution in [2.45, 2.75) is 6.54 Å².